The Hall–Kier alpha value is -3.13. The first kappa shape index (κ1) is 22.3. The molecule has 0 saturated heterocycles. The maximum absolute atomic E-state index is 5.08. The van der Waals surface area contributed by atoms with Crippen molar-refractivity contribution in [3.8, 4) is 0 Å². The molecule has 4 aromatic rings. The van der Waals surface area contributed by atoms with Crippen molar-refractivity contribution in [2.24, 2.45) is 5.41 Å². The Morgan fingerprint density at radius 3 is 1.60 bits per heavy atom. The molecule has 0 radical (unpaired) electrons. The monoisotopic (exact) mass is 460 g/mol. The first-order chi connectivity index (χ1) is 17.3. The zero-order valence-corrected chi connectivity index (χ0v) is 20.7. The highest BCUT2D eigenvalue weighted by atomic mass is 15.1. The van der Waals surface area contributed by atoms with Gasteiger partial charge in [-0.1, -0.05) is 110 Å². The Labute approximate surface area is 210 Å². The van der Waals surface area contributed by atoms with Crippen molar-refractivity contribution in [1.82, 2.24) is 9.55 Å². The van der Waals surface area contributed by atoms with E-state index in [4.69, 9.17) is 4.98 Å². The maximum atomic E-state index is 5.08. The van der Waals surface area contributed by atoms with Gasteiger partial charge in [0.05, 0.1) is 12.0 Å². The van der Waals surface area contributed by atoms with Crippen LogP contribution < -0.4 is 0 Å². The second kappa shape index (κ2) is 9.49. The van der Waals surface area contributed by atoms with Crippen molar-refractivity contribution in [2.45, 2.75) is 69.2 Å². The van der Waals surface area contributed by atoms with E-state index in [1.54, 1.807) is 0 Å². The van der Waals surface area contributed by atoms with E-state index in [1.165, 1.54) is 80.2 Å². The summed E-state index contributed by atoms with van der Waals surface area (Å²) in [5, 5.41) is 0. The van der Waals surface area contributed by atoms with Crippen LogP contribution >= 0.6 is 0 Å². The summed E-state index contributed by atoms with van der Waals surface area (Å²) in [6, 6.07) is 32.8. The third-order valence-electron chi connectivity index (χ3n) is 8.94. The van der Waals surface area contributed by atoms with Crippen LogP contribution in [0.4, 0.5) is 0 Å². The van der Waals surface area contributed by atoms with Crippen LogP contribution in [-0.2, 0) is 5.54 Å². The van der Waals surface area contributed by atoms with Crippen LogP contribution in [0.2, 0.25) is 0 Å². The lowest BCUT2D eigenvalue weighted by molar-refractivity contribution is 0.113. The molecule has 0 unspecified atom stereocenters. The second-order valence-electron chi connectivity index (χ2n) is 10.8. The molecule has 1 spiro atoms. The van der Waals surface area contributed by atoms with E-state index in [0.717, 1.165) is 0 Å². The molecule has 0 aliphatic heterocycles. The van der Waals surface area contributed by atoms with Crippen LogP contribution in [0.15, 0.2) is 104 Å². The molecule has 0 N–H and O–H groups in total. The number of benzene rings is 3. The van der Waals surface area contributed by atoms with Gasteiger partial charge in [-0.3, -0.25) is 0 Å². The predicted molar refractivity (Wildman–Crippen MR) is 144 cm³/mol. The summed E-state index contributed by atoms with van der Waals surface area (Å²) in [6.07, 6.45) is 17.0. The second-order valence-corrected chi connectivity index (χ2v) is 10.8. The van der Waals surface area contributed by atoms with Gasteiger partial charge in [-0.25, -0.2) is 4.98 Å². The van der Waals surface area contributed by atoms with E-state index in [2.05, 4.69) is 108 Å². The summed E-state index contributed by atoms with van der Waals surface area (Å²) < 4.78 is 2.38. The van der Waals surface area contributed by atoms with Crippen molar-refractivity contribution < 1.29 is 0 Å². The maximum Gasteiger partial charge on any atom is 0.121 e. The van der Waals surface area contributed by atoms with Gasteiger partial charge in [0.25, 0.3) is 0 Å². The van der Waals surface area contributed by atoms with E-state index in [0.29, 0.717) is 11.3 Å². The topological polar surface area (TPSA) is 17.8 Å². The number of aromatic nitrogens is 2. The van der Waals surface area contributed by atoms with E-state index in [9.17, 15) is 0 Å². The predicted octanol–water partition coefficient (Wildman–Crippen LogP) is 8.33. The van der Waals surface area contributed by atoms with Gasteiger partial charge in [-0.05, 0) is 60.6 Å². The van der Waals surface area contributed by atoms with E-state index in [-0.39, 0.29) is 0 Å². The lowest BCUT2D eigenvalue weighted by Gasteiger charge is -2.42. The highest BCUT2D eigenvalue weighted by molar-refractivity contribution is 5.50. The van der Waals surface area contributed by atoms with Gasteiger partial charge in [-0.15, -0.1) is 0 Å². The van der Waals surface area contributed by atoms with Gasteiger partial charge in [0.2, 0.25) is 0 Å². The molecule has 2 aliphatic rings. The van der Waals surface area contributed by atoms with Crippen LogP contribution in [0.1, 0.15) is 86.1 Å². The third-order valence-corrected chi connectivity index (χ3v) is 8.94. The number of nitrogens with zero attached hydrogens (tertiary/aromatic N) is 2. The van der Waals surface area contributed by atoms with Crippen LogP contribution in [-0.4, -0.2) is 9.55 Å². The standard InChI is InChI=1S/C33H36N2/c1-5-13-28(14-6-1)33(29-15-7-2-8-16-29,30-17-9-3-10-18-30)35-25-31(34-26-35)27-19-23-32(24-20-27)21-11-4-12-22-32/h1-3,5-10,13-18,25-27H,4,11-12,19-24H2. The molecule has 2 heteroatoms. The minimum atomic E-state index is -0.464. The molecule has 1 aromatic heterocycles. The highest BCUT2D eigenvalue weighted by Gasteiger charge is 2.40. The highest BCUT2D eigenvalue weighted by Crippen LogP contribution is 2.51. The molecular formula is C33H36N2. The van der Waals surface area contributed by atoms with E-state index < -0.39 is 5.54 Å². The Kier molecular flexibility index (Phi) is 6.06. The lowest BCUT2D eigenvalue weighted by atomic mass is 9.63. The Balaban J connectivity index is 1.42. The molecule has 0 bridgehead atoms. The minimum absolute atomic E-state index is 0.464. The quantitative estimate of drug-likeness (QED) is 0.274. The van der Waals surface area contributed by atoms with Gasteiger partial charge in [0.15, 0.2) is 0 Å². The molecule has 0 atom stereocenters. The summed E-state index contributed by atoms with van der Waals surface area (Å²) >= 11 is 0. The first-order valence-electron chi connectivity index (χ1n) is 13.5. The smallest absolute Gasteiger partial charge is 0.121 e. The zero-order valence-electron chi connectivity index (χ0n) is 20.7. The fraction of sp³-hybridized carbons (Fsp3) is 0.364. The lowest BCUT2D eigenvalue weighted by Crippen LogP contribution is -2.37. The molecule has 2 fully saturated rings. The summed E-state index contributed by atoms with van der Waals surface area (Å²) in [7, 11) is 0. The summed E-state index contributed by atoms with van der Waals surface area (Å²) in [6.45, 7) is 0. The summed E-state index contributed by atoms with van der Waals surface area (Å²) in [5.74, 6) is 0.573. The van der Waals surface area contributed by atoms with Crippen molar-refractivity contribution in [3.63, 3.8) is 0 Å². The molecule has 178 valence electrons. The van der Waals surface area contributed by atoms with E-state index >= 15 is 0 Å². The zero-order chi connectivity index (χ0) is 23.6. The normalized spacial score (nSPS) is 18.5. The van der Waals surface area contributed by atoms with Gasteiger partial charge in [-0.2, -0.15) is 0 Å². The Morgan fingerprint density at radius 2 is 1.11 bits per heavy atom. The van der Waals surface area contributed by atoms with Gasteiger partial charge in [0.1, 0.15) is 5.54 Å². The summed E-state index contributed by atoms with van der Waals surface area (Å²) in [5.41, 5.74) is 5.21. The van der Waals surface area contributed by atoms with Gasteiger partial charge in [0, 0.05) is 12.1 Å². The average molecular weight is 461 g/mol. The van der Waals surface area contributed by atoms with Crippen molar-refractivity contribution in [3.05, 3.63) is 126 Å². The molecule has 2 aliphatic carbocycles. The average Bonchev–Trinajstić information content (AvgIpc) is 3.42. The number of imidazole rings is 1. The van der Waals surface area contributed by atoms with Crippen LogP contribution in [0.5, 0.6) is 0 Å². The van der Waals surface area contributed by atoms with Crippen molar-refractivity contribution in [2.75, 3.05) is 0 Å². The molecule has 2 saturated carbocycles. The van der Waals surface area contributed by atoms with Crippen LogP contribution in [0, 0.1) is 5.41 Å². The Morgan fingerprint density at radius 1 is 0.629 bits per heavy atom. The molecule has 1 heterocycles. The Bertz CT molecular complexity index is 1110. The molecule has 2 nitrogen and oxygen atoms in total. The molecular weight excluding hydrogens is 424 g/mol. The van der Waals surface area contributed by atoms with Crippen molar-refractivity contribution >= 4 is 0 Å². The number of hydrogen-bond donors (Lipinski definition) is 0. The fourth-order valence-electron chi connectivity index (χ4n) is 7.05. The number of rotatable bonds is 5. The van der Waals surface area contributed by atoms with Crippen molar-refractivity contribution in [1.29, 1.82) is 0 Å². The van der Waals surface area contributed by atoms with Crippen LogP contribution in [0.3, 0.4) is 0 Å². The minimum Gasteiger partial charge on any atom is -0.319 e. The molecule has 6 rings (SSSR count). The summed E-state index contributed by atoms with van der Waals surface area (Å²) in [4.78, 5) is 5.08. The molecule has 0 amide bonds. The van der Waals surface area contributed by atoms with Crippen LogP contribution in [0.25, 0.3) is 0 Å². The number of hydrogen-bond acceptors (Lipinski definition) is 1. The first-order valence-corrected chi connectivity index (χ1v) is 13.5. The van der Waals surface area contributed by atoms with Gasteiger partial charge < -0.3 is 4.57 Å². The van der Waals surface area contributed by atoms with Gasteiger partial charge >= 0.3 is 0 Å². The molecule has 3 aromatic carbocycles. The fourth-order valence-corrected chi connectivity index (χ4v) is 7.05. The third kappa shape index (κ3) is 4.03. The molecule has 35 heavy (non-hydrogen) atoms. The SMILES string of the molecule is c1ccc(C(c2ccccc2)(c2ccccc2)n2cnc(C3CCC4(CCCCC4)CC3)c2)cc1. The van der Waals surface area contributed by atoms with E-state index in [1.807, 2.05) is 0 Å². The largest absolute Gasteiger partial charge is 0.319 e.